The number of benzene rings is 1. The van der Waals surface area contributed by atoms with E-state index in [0.717, 1.165) is 0 Å². The molecule has 2 heteroatoms. The van der Waals surface area contributed by atoms with Crippen LogP contribution >= 0.6 is 15.9 Å². The van der Waals surface area contributed by atoms with Crippen molar-refractivity contribution in [2.75, 3.05) is 7.05 Å². The molecule has 0 spiro atoms. The van der Waals surface area contributed by atoms with Gasteiger partial charge in [0.15, 0.2) is 0 Å². The Bertz CT molecular complexity index is 323. The Hall–Kier alpha value is -0.340. The van der Waals surface area contributed by atoms with Crippen LogP contribution in [0.3, 0.4) is 0 Å². The Kier molecular flexibility index (Phi) is 6.07. The molecule has 0 heterocycles. The van der Waals surface area contributed by atoms with Crippen molar-refractivity contribution in [2.24, 2.45) is 0 Å². The summed E-state index contributed by atoms with van der Waals surface area (Å²) in [4.78, 5) is 0. The van der Waals surface area contributed by atoms with Gasteiger partial charge in [-0.15, -0.1) is 0 Å². The Labute approximate surface area is 108 Å². The molecule has 0 saturated carbocycles. The SMILES string of the molecule is CCCCCC(NC)c1cccc(Br)c1C. The molecule has 0 amide bonds. The highest BCUT2D eigenvalue weighted by atomic mass is 79.9. The highest BCUT2D eigenvalue weighted by Crippen LogP contribution is 2.27. The zero-order valence-electron chi connectivity index (χ0n) is 10.5. The zero-order chi connectivity index (χ0) is 12.0. The van der Waals surface area contributed by atoms with Crippen molar-refractivity contribution in [3.05, 3.63) is 33.8 Å². The summed E-state index contributed by atoms with van der Waals surface area (Å²) < 4.78 is 1.21. The fraction of sp³-hybridized carbons (Fsp3) is 0.571. The third kappa shape index (κ3) is 3.60. The summed E-state index contributed by atoms with van der Waals surface area (Å²) >= 11 is 3.60. The van der Waals surface area contributed by atoms with Crippen molar-refractivity contribution >= 4 is 15.9 Å². The van der Waals surface area contributed by atoms with Crippen molar-refractivity contribution in [3.63, 3.8) is 0 Å². The number of hydrogen-bond donors (Lipinski definition) is 1. The molecule has 1 unspecified atom stereocenters. The van der Waals surface area contributed by atoms with Gasteiger partial charge in [-0.1, -0.05) is 54.2 Å². The maximum absolute atomic E-state index is 3.60. The second-order valence-corrected chi connectivity index (χ2v) is 5.15. The van der Waals surface area contributed by atoms with Crippen LogP contribution in [0.2, 0.25) is 0 Å². The van der Waals surface area contributed by atoms with Gasteiger partial charge in [0, 0.05) is 10.5 Å². The minimum Gasteiger partial charge on any atom is -0.313 e. The molecule has 1 nitrogen and oxygen atoms in total. The summed E-state index contributed by atoms with van der Waals surface area (Å²) in [6.45, 7) is 4.43. The Morgan fingerprint density at radius 3 is 2.69 bits per heavy atom. The molecule has 1 aromatic rings. The van der Waals surface area contributed by atoms with E-state index in [4.69, 9.17) is 0 Å². The van der Waals surface area contributed by atoms with Crippen LogP contribution in [-0.2, 0) is 0 Å². The molecule has 16 heavy (non-hydrogen) atoms. The molecule has 0 aliphatic heterocycles. The van der Waals surface area contributed by atoms with E-state index >= 15 is 0 Å². The van der Waals surface area contributed by atoms with Gasteiger partial charge >= 0.3 is 0 Å². The van der Waals surface area contributed by atoms with E-state index in [0.29, 0.717) is 6.04 Å². The van der Waals surface area contributed by atoms with Gasteiger partial charge in [-0.2, -0.15) is 0 Å². The summed E-state index contributed by atoms with van der Waals surface area (Å²) in [5.74, 6) is 0. The molecular formula is C14H22BrN. The summed E-state index contributed by atoms with van der Waals surface area (Å²) in [5.41, 5.74) is 2.78. The first kappa shape index (κ1) is 13.7. The van der Waals surface area contributed by atoms with E-state index in [-0.39, 0.29) is 0 Å². The normalized spacial score (nSPS) is 12.8. The lowest BCUT2D eigenvalue weighted by atomic mass is 9.97. The molecule has 0 radical (unpaired) electrons. The van der Waals surface area contributed by atoms with E-state index in [2.05, 4.69) is 60.3 Å². The van der Waals surface area contributed by atoms with Crippen LogP contribution in [0.5, 0.6) is 0 Å². The highest BCUT2D eigenvalue weighted by molar-refractivity contribution is 9.10. The molecule has 0 saturated heterocycles. The fourth-order valence-electron chi connectivity index (χ4n) is 2.06. The van der Waals surface area contributed by atoms with Crippen LogP contribution < -0.4 is 5.32 Å². The summed E-state index contributed by atoms with van der Waals surface area (Å²) in [6.07, 6.45) is 5.13. The third-order valence-electron chi connectivity index (χ3n) is 3.13. The second kappa shape index (κ2) is 7.08. The smallest absolute Gasteiger partial charge is 0.0320 e. The maximum Gasteiger partial charge on any atom is 0.0320 e. The molecule has 1 N–H and O–H groups in total. The van der Waals surface area contributed by atoms with Gasteiger partial charge in [-0.3, -0.25) is 0 Å². The maximum atomic E-state index is 3.60. The fourth-order valence-corrected chi connectivity index (χ4v) is 2.44. The van der Waals surface area contributed by atoms with Crippen molar-refractivity contribution in [1.29, 1.82) is 0 Å². The molecule has 0 aliphatic rings. The van der Waals surface area contributed by atoms with Crippen molar-refractivity contribution in [1.82, 2.24) is 5.32 Å². The number of halogens is 1. The van der Waals surface area contributed by atoms with Crippen LogP contribution in [-0.4, -0.2) is 7.05 Å². The molecule has 1 aromatic carbocycles. The number of nitrogens with one attached hydrogen (secondary N) is 1. The minimum atomic E-state index is 0.490. The van der Waals surface area contributed by atoms with E-state index in [9.17, 15) is 0 Å². The first-order chi connectivity index (χ1) is 7.70. The third-order valence-corrected chi connectivity index (χ3v) is 3.99. The Balaban J connectivity index is 2.74. The molecule has 0 fully saturated rings. The topological polar surface area (TPSA) is 12.0 Å². The molecule has 0 aliphatic carbocycles. The van der Waals surface area contributed by atoms with E-state index < -0.39 is 0 Å². The zero-order valence-corrected chi connectivity index (χ0v) is 12.1. The molecule has 0 bridgehead atoms. The van der Waals surface area contributed by atoms with Gasteiger partial charge in [0.05, 0.1) is 0 Å². The summed E-state index contributed by atoms with van der Waals surface area (Å²) in [7, 11) is 2.05. The van der Waals surface area contributed by atoms with Crippen LogP contribution in [0.25, 0.3) is 0 Å². The molecular weight excluding hydrogens is 262 g/mol. The second-order valence-electron chi connectivity index (χ2n) is 4.29. The molecule has 0 aromatic heterocycles. The molecule has 90 valence electrons. The van der Waals surface area contributed by atoms with E-state index in [1.807, 2.05) is 0 Å². The van der Waals surface area contributed by atoms with Gasteiger partial charge in [0.25, 0.3) is 0 Å². The standard InChI is InChI=1S/C14H22BrN/c1-4-5-6-10-14(16-3)12-8-7-9-13(15)11(12)2/h7-9,14,16H,4-6,10H2,1-3H3. The van der Waals surface area contributed by atoms with Gasteiger partial charge in [-0.05, 0) is 37.6 Å². The first-order valence-corrected chi connectivity index (χ1v) is 6.92. The molecule has 1 atom stereocenters. The lowest BCUT2D eigenvalue weighted by molar-refractivity contribution is 0.510. The largest absolute Gasteiger partial charge is 0.313 e. The Morgan fingerprint density at radius 2 is 2.06 bits per heavy atom. The van der Waals surface area contributed by atoms with Crippen molar-refractivity contribution in [3.8, 4) is 0 Å². The first-order valence-electron chi connectivity index (χ1n) is 6.13. The quantitative estimate of drug-likeness (QED) is 0.753. The summed E-state index contributed by atoms with van der Waals surface area (Å²) in [6, 6.07) is 6.95. The number of unbranched alkanes of at least 4 members (excludes halogenated alkanes) is 2. The number of rotatable bonds is 6. The van der Waals surface area contributed by atoms with Crippen molar-refractivity contribution in [2.45, 2.75) is 45.6 Å². The monoisotopic (exact) mass is 283 g/mol. The predicted octanol–water partition coefficient (Wildman–Crippen LogP) is 4.60. The van der Waals surface area contributed by atoms with Gasteiger partial charge in [0.1, 0.15) is 0 Å². The minimum absolute atomic E-state index is 0.490. The van der Waals surface area contributed by atoms with Crippen LogP contribution in [0, 0.1) is 6.92 Å². The van der Waals surface area contributed by atoms with E-state index in [1.165, 1.54) is 41.3 Å². The summed E-state index contributed by atoms with van der Waals surface area (Å²) in [5, 5.41) is 3.42. The van der Waals surface area contributed by atoms with Crippen LogP contribution in [0.1, 0.15) is 49.8 Å². The predicted molar refractivity (Wildman–Crippen MR) is 74.8 cm³/mol. The number of hydrogen-bond acceptors (Lipinski definition) is 1. The average molecular weight is 284 g/mol. The molecule has 1 rings (SSSR count). The van der Waals surface area contributed by atoms with Gasteiger partial charge in [-0.25, -0.2) is 0 Å². The Morgan fingerprint density at radius 1 is 1.31 bits per heavy atom. The van der Waals surface area contributed by atoms with Crippen LogP contribution in [0.4, 0.5) is 0 Å². The van der Waals surface area contributed by atoms with Crippen molar-refractivity contribution < 1.29 is 0 Å². The lowest BCUT2D eigenvalue weighted by Crippen LogP contribution is -2.17. The van der Waals surface area contributed by atoms with Crippen LogP contribution in [0.15, 0.2) is 22.7 Å². The highest BCUT2D eigenvalue weighted by Gasteiger charge is 2.12. The average Bonchev–Trinajstić information content (AvgIpc) is 2.29. The lowest BCUT2D eigenvalue weighted by Gasteiger charge is -2.19. The van der Waals surface area contributed by atoms with Gasteiger partial charge < -0.3 is 5.32 Å². The van der Waals surface area contributed by atoms with E-state index in [1.54, 1.807) is 0 Å². The van der Waals surface area contributed by atoms with Gasteiger partial charge in [0.2, 0.25) is 0 Å².